The second kappa shape index (κ2) is 9.70. The predicted molar refractivity (Wildman–Crippen MR) is 130 cm³/mol. The molecule has 0 radical (unpaired) electrons. The number of benzene rings is 2. The van der Waals surface area contributed by atoms with Crippen molar-refractivity contribution in [1.82, 2.24) is 10.2 Å². The number of rotatable bonds is 6. The highest BCUT2D eigenvalue weighted by atomic mass is 32.2. The quantitative estimate of drug-likeness (QED) is 0.647. The standard InChI is InChI=1S/C26H28N2O5S/c29-24(28-15-34-14-23(28)25(30)31)12-16-6-5-11-22(16)27-26(32)33-13-21-19-9-3-1-7-17(19)18-8-2-4-10-20(18)21/h1-4,7-10,16,21-23H,5-6,11-15H2,(H,27,32)(H,30,31)/t16-,22+,23?/m0/s1. The number of amides is 2. The number of fused-ring (bicyclic) bond motifs is 3. The lowest BCUT2D eigenvalue weighted by Crippen LogP contribution is -2.44. The molecular formula is C26H28N2O5S. The van der Waals surface area contributed by atoms with E-state index in [2.05, 4.69) is 29.6 Å². The highest BCUT2D eigenvalue weighted by Crippen LogP contribution is 2.44. The summed E-state index contributed by atoms with van der Waals surface area (Å²) in [6.07, 6.45) is 2.33. The van der Waals surface area contributed by atoms with Gasteiger partial charge in [-0.1, -0.05) is 55.0 Å². The van der Waals surface area contributed by atoms with Crippen LogP contribution >= 0.6 is 11.8 Å². The van der Waals surface area contributed by atoms with Gasteiger partial charge in [-0.2, -0.15) is 0 Å². The molecule has 0 bridgehead atoms. The van der Waals surface area contributed by atoms with Gasteiger partial charge in [-0.3, -0.25) is 4.79 Å². The summed E-state index contributed by atoms with van der Waals surface area (Å²) in [5.74, 6) is -0.283. The van der Waals surface area contributed by atoms with Crippen molar-refractivity contribution in [1.29, 1.82) is 0 Å². The summed E-state index contributed by atoms with van der Waals surface area (Å²) in [7, 11) is 0. The monoisotopic (exact) mass is 480 g/mol. The Labute approximate surface area is 202 Å². The molecule has 5 rings (SSSR count). The normalized spacial score (nSPS) is 23.4. The Bertz CT molecular complexity index is 1060. The number of thioether (sulfide) groups is 1. The molecule has 2 aromatic rings. The van der Waals surface area contributed by atoms with Crippen LogP contribution in [0.2, 0.25) is 0 Å². The van der Waals surface area contributed by atoms with E-state index in [-0.39, 0.29) is 36.8 Å². The zero-order valence-corrected chi connectivity index (χ0v) is 19.6. The number of nitrogens with one attached hydrogen (secondary N) is 1. The topological polar surface area (TPSA) is 95.9 Å². The first kappa shape index (κ1) is 22.8. The smallest absolute Gasteiger partial charge is 0.407 e. The summed E-state index contributed by atoms with van der Waals surface area (Å²) in [5.41, 5.74) is 4.69. The molecule has 1 aliphatic heterocycles. The van der Waals surface area contributed by atoms with Crippen molar-refractivity contribution in [2.45, 2.75) is 43.7 Å². The van der Waals surface area contributed by atoms with E-state index in [1.54, 1.807) is 0 Å². The highest BCUT2D eigenvalue weighted by Gasteiger charge is 2.38. The van der Waals surface area contributed by atoms with Gasteiger partial charge in [0.2, 0.25) is 5.91 Å². The first-order valence-corrected chi connectivity index (χ1v) is 12.9. The Hall–Kier alpha value is -3.00. The number of carbonyl (C=O) groups is 3. The fourth-order valence-electron chi connectivity index (χ4n) is 5.50. The van der Waals surface area contributed by atoms with Crippen LogP contribution in [0, 0.1) is 5.92 Å². The van der Waals surface area contributed by atoms with Gasteiger partial charge in [0.25, 0.3) is 0 Å². The van der Waals surface area contributed by atoms with Crippen molar-refractivity contribution in [2.75, 3.05) is 18.2 Å². The molecule has 8 heteroatoms. The van der Waals surface area contributed by atoms with Gasteiger partial charge in [0.05, 0.1) is 5.88 Å². The Morgan fingerprint density at radius 3 is 2.38 bits per heavy atom. The second-order valence-electron chi connectivity index (χ2n) is 9.19. The third-order valence-electron chi connectivity index (χ3n) is 7.23. The number of carboxylic acid groups (broad SMARTS) is 1. The molecule has 178 valence electrons. The molecule has 34 heavy (non-hydrogen) atoms. The number of carbonyl (C=O) groups excluding carboxylic acids is 2. The Balaban J connectivity index is 1.18. The zero-order chi connectivity index (χ0) is 23.7. The van der Waals surface area contributed by atoms with Crippen LogP contribution in [0.5, 0.6) is 0 Å². The molecule has 0 aromatic heterocycles. The van der Waals surface area contributed by atoms with E-state index in [9.17, 15) is 19.5 Å². The molecule has 3 atom stereocenters. The first-order chi connectivity index (χ1) is 16.5. The van der Waals surface area contributed by atoms with Gasteiger partial charge in [0.1, 0.15) is 12.6 Å². The van der Waals surface area contributed by atoms with E-state index < -0.39 is 18.1 Å². The number of aliphatic carboxylic acids is 1. The summed E-state index contributed by atoms with van der Waals surface area (Å²) in [4.78, 5) is 38.4. The van der Waals surface area contributed by atoms with E-state index in [0.29, 0.717) is 11.6 Å². The Kier molecular flexibility index (Phi) is 6.50. The molecule has 3 aliphatic rings. The molecule has 1 heterocycles. The number of alkyl carbamates (subject to hydrolysis) is 1. The van der Waals surface area contributed by atoms with Gasteiger partial charge in [-0.25, -0.2) is 9.59 Å². The van der Waals surface area contributed by atoms with Gasteiger partial charge in [0.15, 0.2) is 0 Å². The molecule has 2 aromatic carbocycles. The predicted octanol–water partition coefficient (Wildman–Crippen LogP) is 4.07. The van der Waals surface area contributed by atoms with Gasteiger partial charge < -0.3 is 20.1 Å². The van der Waals surface area contributed by atoms with Crippen molar-refractivity contribution in [3.8, 4) is 11.1 Å². The van der Waals surface area contributed by atoms with Crippen LogP contribution in [0.25, 0.3) is 11.1 Å². The summed E-state index contributed by atoms with van der Waals surface area (Å²) < 4.78 is 5.68. The fraction of sp³-hybridized carbons (Fsp3) is 0.423. The van der Waals surface area contributed by atoms with E-state index in [1.807, 2.05) is 24.3 Å². The molecule has 2 aliphatic carbocycles. The molecule has 1 unspecified atom stereocenters. The van der Waals surface area contributed by atoms with Crippen LogP contribution in [-0.4, -0.2) is 58.3 Å². The number of hydrogen-bond acceptors (Lipinski definition) is 5. The van der Waals surface area contributed by atoms with E-state index >= 15 is 0 Å². The second-order valence-corrected chi connectivity index (χ2v) is 10.2. The molecule has 2 N–H and O–H groups in total. The Morgan fingerprint density at radius 2 is 1.71 bits per heavy atom. The summed E-state index contributed by atoms with van der Waals surface area (Å²) in [6, 6.07) is 15.5. The molecule has 7 nitrogen and oxygen atoms in total. The minimum absolute atomic E-state index is 0.000258. The minimum Gasteiger partial charge on any atom is -0.480 e. The van der Waals surface area contributed by atoms with Crippen LogP contribution in [0.1, 0.15) is 42.7 Å². The molecule has 1 saturated heterocycles. The first-order valence-electron chi connectivity index (χ1n) is 11.7. The fourth-order valence-corrected chi connectivity index (χ4v) is 6.67. The van der Waals surface area contributed by atoms with Gasteiger partial charge in [0, 0.05) is 24.1 Å². The maximum Gasteiger partial charge on any atom is 0.407 e. The SMILES string of the molecule is O=C(N[C@@H]1CCC[C@H]1CC(=O)N1CSCC1C(=O)O)OCC1c2ccccc2-c2ccccc21. The van der Waals surface area contributed by atoms with Crippen LogP contribution in [0.3, 0.4) is 0 Å². The van der Waals surface area contributed by atoms with Crippen molar-refractivity contribution in [3.63, 3.8) is 0 Å². The average Bonchev–Trinajstić information content (AvgIpc) is 3.56. The number of carboxylic acids is 1. The largest absolute Gasteiger partial charge is 0.480 e. The average molecular weight is 481 g/mol. The number of ether oxygens (including phenoxy) is 1. The number of nitrogens with zero attached hydrogens (tertiary/aromatic N) is 1. The van der Waals surface area contributed by atoms with E-state index in [0.717, 1.165) is 30.4 Å². The summed E-state index contributed by atoms with van der Waals surface area (Å²) in [5, 5.41) is 12.3. The van der Waals surface area contributed by atoms with E-state index in [1.165, 1.54) is 27.8 Å². The third-order valence-corrected chi connectivity index (χ3v) is 8.24. The lowest BCUT2D eigenvalue weighted by Gasteiger charge is -2.25. The minimum atomic E-state index is -0.960. The Morgan fingerprint density at radius 1 is 1.03 bits per heavy atom. The molecule has 1 saturated carbocycles. The third kappa shape index (κ3) is 4.39. The maximum atomic E-state index is 12.8. The van der Waals surface area contributed by atoms with Crippen LogP contribution < -0.4 is 5.32 Å². The van der Waals surface area contributed by atoms with Crippen LogP contribution in [-0.2, 0) is 14.3 Å². The molecule has 0 spiro atoms. The van der Waals surface area contributed by atoms with Crippen molar-refractivity contribution in [2.24, 2.45) is 5.92 Å². The van der Waals surface area contributed by atoms with Gasteiger partial charge in [-0.15, -0.1) is 11.8 Å². The van der Waals surface area contributed by atoms with Crippen LogP contribution in [0.15, 0.2) is 48.5 Å². The van der Waals surface area contributed by atoms with Crippen molar-refractivity contribution < 1.29 is 24.2 Å². The number of hydrogen-bond donors (Lipinski definition) is 2. The zero-order valence-electron chi connectivity index (χ0n) is 18.8. The van der Waals surface area contributed by atoms with Gasteiger partial charge in [-0.05, 0) is 41.0 Å². The lowest BCUT2D eigenvalue weighted by molar-refractivity contribution is -0.148. The summed E-state index contributed by atoms with van der Waals surface area (Å²) in [6.45, 7) is 0.251. The highest BCUT2D eigenvalue weighted by molar-refractivity contribution is 7.99. The molecule has 2 amide bonds. The van der Waals surface area contributed by atoms with E-state index in [4.69, 9.17) is 4.74 Å². The van der Waals surface area contributed by atoms with Gasteiger partial charge >= 0.3 is 12.1 Å². The van der Waals surface area contributed by atoms with Crippen molar-refractivity contribution >= 4 is 29.7 Å². The molecule has 2 fully saturated rings. The molecular weight excluding hydrogens is 452 g/mol. The lowest BCUT2D eigenvalue weighted by atomic mass is 9.98. The van der Waals surface area contributed by atoms with Crippen LogP contribution in [0.4, 0.5) is 4.79 Å². The van der Waals surface area contributed by atoms with Crippen molar-refractivity contribution in [3.05, 3.63) is 59.7 Å². The maximum absolute atomic E-state index is 12.8. The summed E-state index contributed by atoms with van der Waals surface area (Å²) >= 11 is 1.46.